The highest BCUT2D eigenvalue weighted by Crippen LogP contribution is 2.32. The zero-order valence-electron chi connectivity index (χ0n) is 7.47. The predicted octanol–water partition coefficient (Wildman–Crippen LogP) is 1.36. The third-order valence-corrected chi connectivity index (χ3v) is 5.00. The molecule has 3 nitrogen and oxygen atoms in total. The van der Waals surface area contributed by atoms with Crippen molar-refractivity contribution < 1.29 is 8.42 Å². The first-order valence-corrected chi connectivity index (χ1v) is 6.14. The fraction of sp³-hybridized carbons (Fsp3) is 1.00. The van der Waals surface area contributed by atoms with Crippen LogP contribution >= 0.6 is 0 Å². The van der Waals surface area contributed by atoms with Gasteiger partial charge in [0.05, 0.1) is 0 Å². The Balaban J connectivity index is 2.83. The van der Waals surface area contributed by atoms with Crippen molar-refractivity contribution in [3.05, 3.63) is 0 Å². The van der Waals surface area contributed by atoms with E-state index in [9.17, 15) is 8.42 Å². The fourth-order valence-electron chi connectivity index (χ4n) is 1.71. The molecule has 1 radical (unpaired) electrons. The van der Waals surface area contributed by atoms with Gasteiger partial charge in [-0.05, 0) is 12.8 Å². The van der Waals surface area contributed by atoms with Gasteiger partial charge in [0.2, 0.25) is 0 Å². The predicted molar refractivity (Wildman–Crippen MR) is 48.4 cm³/mol. The molecule has 0 aromatic heterocycles. The van der Waals surface area contributed by atoms with Crippen LogP contribution in [-0.2, 0) is 9.84 Å². The molecule has 71 valence electrons. The minimum atomic E-state index is -3.15. The molecule has 1 N–H and O–H groups in total. The monoisotopic (exact) mass is 190 g/mol. The van der Waals surface area contributed by atoms with Crippen molar-refractivity contribution in [1.82, 2.24) is 5.73 Å². The zero-order valence-corrected chi connectivity index (χ0v) is 8.28. The Kier molecular flexibility index (Phi) is 2.78. The summed E-state index contributed by atoms with van der Waals surface area (Å²) in [5.41, 5.74) is 7.84. The molecule has 1 aliphatic rings. The largest absolute Gasteiger partial charge is 0.235 e. The van der Waals surface area contributed by atoms with Crippen LogP contribution in [0.5, 0.6) is 0 Å². The molecule has 1 fully saturated rings. The molecule has 0 bridgehead atoms. The van der Waals surface area contributed by atoms with E-state index >= 15 is 0 Å². The van der Waals surface area contributed by atoms with Crippen molar-refractivity contribution in [2.24, 2.45) is 0 Å². The maximum atomic E-state index is 11.5. The second-order valence-corrected chi connectivity index (χ2v) is 6.05. The van der Waals surface area contributed by atoms with Crippen molar-refractivity contribution >= 4 is 9.84 Å². The smallest absolute Gasteiger partial charge is 0.169 e. The molecule has 0 amide bonds. The topological polar surface area (TPSA) is 57.9 Å². The van der Waals surface area contributed by atoms with Crippen molar-refractivity contribution in [2.45, 2.75) is 43.9 Å². The first kappa shape index (κ1) is 9.99. The van der Waals surface area contributed by atoms with Crippen LogP contribution in [0.3, 0.4) is 0 Å². The molecule has 0 spiro atoms. The van der Waals surface area contributed by atoms with E-state index in [1.54, 1.807) is 6.92 Å². The van der Waals surface area contributed by atoms with Crippen LogP contribution in [0.15, 0.2) is 0 Å². The highest BCUT2D eigenvalue weighted by molar-refractivity contribution is 7.92. The summed E-state index contributed by atoms with van der Waals surface area (Å²) in [4.78, 5) is -1.15. The molecule has 0 aliphatic heterocycles. The van der Waals surface area contributed by atoms with E-state index in [1.807, 2.05) is 0 Å². The summed E-state index contributed by atoms with van der Waals surface area (Å²) in [6, 6.07) is 0. The Bertz CT molecular complexity index is 240. The van der Waals surface area contributed by atoms with Gasteiger partial charge < -0.3 is 0 Å². The summed E-state index contributed by atoms with van der Waals surface area (Å²) in [5.74, 6) is 0.108. The van der Waals surface area contributed by atoms with Gasteiger partial charge in [-0.1, -0.05) is 26.2 Å². The number of rotatable bonds is 2. The van der Waals surface area contributed by atoms with Gasteiger partial charge >= 0.3 is 0 Å². The molecule has 4 heteroatoms. The SMILES string of the molecule is CCS(=O)(=O)C1([NH])CCCCC1. The molecule has 1 aliphatic carbocycles. The molecule has 0 aromatic rings. The Morgan fingerprint density at radius 2 is 1.75 bits per heavy atom. The van der Waals surface area contributed by atoms with Crippen LogP contribution in [-0.4, -0.2) is 19.0 Å². The van der Waals surface area contributed by atoms with Gasteiger partial charge in [0.15, 0.2) is 9.84 Å². The second kappa shape index (κ2) is 3.34. The molecule has 1 rings (SSSR count). The van der Waals surface area contributed by atoms with Gasteiger partial charge in [0.1, 0.15) is 4.87 Å². The van der Waals surface area contributed by atoms with Gasteiger partial charge in [-0.2, -0.15) is 0 Å². The lowest BCUT2D eigenvalue weighted by atomic mass is 9.96. The van der Waals surface area contributed by atoms with Crippen LogP contribution < -0.4 is 5.73 Å². The molecule has 0 saturated heterocycles. The van der Waals surface area contributed by atoms with Crippen LogP contribution in [0.2, 0.25) is 0 Å². The summed E-state index contributed by atoms with van der Waals surface area (Å²) >= 11 is 0. The van der Waals surface area contributed by atoms with E-state index in [-0.39, 0.29) is 5.75 Å². The molecular formula is C8H16NO2S. The van der Waals surface area contributed by atoms with Crippen LogP contribution in [0.1, 0.15) is 39.0 Å². The highest BCUT2D eigenvalue weighted by Gasteiger charge is 2.39. The minimum Gasteiger partial charge on any atom is -0.235 e. The molecule has 0 atom stereocenters. The van der Waals surface area contributed by atoms with Crippen molar-refractivity contribution in [3.8, 4) is 0 Å². The van der Waals surface area contributed by atoms with E-state index in [1.165, 1.54) is 0 Å². The molecule has 0 heterocycles. The van der Waals surface area contributed by atoms with Crippen LogP contribution in [0, 0.1) is 0 Å². The highest BCUT2D eigenvalue weighted by atomic mass is 32.2. The first-order valence-electron chi connectivity index (χ1n) is 4.49. The normalized spacial score (nSPS) is 23.8. The van der Waals surface area contributed by atoms with Gasteiger partial charge in [0.25, 0.3) is 0 Å². The second-order valence-electron chi connectivity index (χ2n) is 3.46. The standard InChI is InChI=1S/C8H16NO2S/c1-2-12(10,11)8(9)6-4-3-5-7-8/h9H,2-7H2,1H3. The summed E-state index contributed by atoms with van der Waals surface area (Å²) in [6.45, 7) is 1.63. The fourth-order valence-corrected chi connectivity index (χ4v) is 3.17. The maximum absolute atomic E-state index is 11.5. The third kappa shape index (κ3) is 1.64. The van der Waals surface area contributed by atoms with E-state index in [0.717, 1.165) is 19.3 Å². The quantitative estimate of drug-likeness (QED) is 0.660. The minimum absolute atomic E-state index is 0.108. The number of sulfone groups is 1. The van der Waals surface area contributed by atoms with Crippen LogP contribution in [0.4, 0.5) is 0 Å². The third-order valence-electron chi connectivity index (χ3n) is 2.64. The van der Waals surface area contributed by atoms with Crippen molar-refractivity contribution in [2.75, 3.05) is 5.75 Å². The van der Waals surface area contributed by atoms with E-state index in [4.69, 9.17) is 5.73 Å². The lowest BCUT2D eigenvalue weighted by Crippen LogP contribution is -2.43. The molecule has 12 heavy (non-hydrogen) atoms. The first-order chi connectivity index (χ1) is 5.52. The van der Waals surface area contributed by atoms with Crippen molar-refractivity contribution in [3.63, 3.8) is 0 Å². The Labute approximate surface area is 74.3 Å². The molecule has 0 unspecified atom stereocenters. The van der Waals surface area contributed by atoms with Gasteiger partial charge in [-0.3, -0.25) is 0 Å². The van der Waals surface area contributed by atoms with E-state index in [0.29, 0.717) is 12.8 Å². The molecular weight excluding hydrogens is 174 g/mol. The summed E-state index contributed by atoms with van der Waals surface area (Å²) in [5, 5.41) is 0. The molecule has 0 aromatic carbocycles. The number of hydrogen-bond acceptors (Lipinski definition) is 2. The van der Waals surface area contributed by atoms with Gasteiger partial charge in [-0.25, -0.2) is 14.2 Å². The van der Waals surface area contributed by atoms with Crippen LogP contribution in [0.25, 0.3) is 0 Å². The van der Waals surface area contributed by atoms with Crippen molar-refractivity contribution in [1.29, 1.82) is 0 Å². The number of hydrogen-bond donors (Lipinski definition) is 0. The average Bonchev–Trinajstić information content (AvgIpc) is 2.06. The van der Waals surface area contributed by atoms with Gasteiger partial charge in [-0.15, -0.1) is 0 Å². The van der Waals surface area contributed by atoms with Gasteiger partial charge in [0, 0.05) is 5.75 Å². The Morgan fingerprint density at radius 1 is 1.25 bits per heavy atom. The average molecular weight is 190 g/mol. The number of nitrogens with one attached hydrogen (secondary N) is 1. The lowest BCUT2D eigenvalue weighted by Gasteiger charge is -2.31. The summed E-state index contributed by atoms with van der Waals surface area (Å²) < 4.78 is 23.0. The Hall–Kier alpha value is -0.0900. The maximum Gasteiger partial charge on any atom is 0.169 e. The summed E-state index contributed by atoms with van der Waals surface area (Å²) in [6.07, 6.45) is 3.93. The van der Waals surface area contributed by atoms with E-state index in [2.05, 4.69) is 0 Å². The van der Waals surface area contributed by atoms with E-state index < -0.39 is 14.7 Å². The molecule has 1 saturated carbocycles. The Morgan fingerprint density at radius 3 is 2.17 bits per heavy atom. The lowest BCUT2D eigenvalue weighted by molar-refractivity contribution is 0.372. The summed E-state index contributed by atoms with van der Waals surface area (Å²) in [7, 11) is -3.15. The zero-order chi connectivity index (χ0) is 9.24.